The Kier molecular flexibility index (Phi) is 5.25. The zero-order valence-electron chi connectivity index (χ0n) is 15.7. The number of fused-ring (bicyclic) bond motifs is 1. The number of benzene rings is 1. The van der Waals surface area contributed by atoms with Crippen LogP contribution in [0.3, 0.4) is 0 Å². The van der Waals surface area contributed by atoms with E-state index in [1.54, 1.807) is 11.3 Å². The van der Waals surface area contributed by atoms with Crippen molar-refractivity contribution in [2.75, 3.05) is 6.61 Å². The summed E-state index contributed by atoms with van der Waals surface area (Å²) in [5.41, 5.74) is 2.91. The molecule has 3 heterocycles. The van der Waals surface area contributed by atoms with Crippen LogP contribution in [0.15, 0.2) is 29.0 Å². The molecule has 1 amide bonds. The Labute approximate surface area is 166 Å². The van der Waals surface area contributed by atoms with Gasteiger partial charge in [-0.15, -0.1) is 10.2 Å². The third-order valence-electron chi connectivity index (χ3n) is 4.37. The van der Waals surface area contributed by atoms with Crippen LogP contribution in [0.1, 0.15) is 25.0 Å². The summed E-state index contributed by atoms with van der Waals surface area (Å²) in [6.45, 7) is 4.88. The molecule has 1 aliphatic rings. The molecule has 1 aliphatic heterocycles. The summed E-state index contributed by atoms with van der Waals surface area (Å²) in [5.74, 6) is 1.94. The van der Waals surface area contributed by atoms with Crippen molar-refractivity contribution < 1.29 is 14.3 Å². The molecule has 8 nitrogen and oxygen atoms in total. The smallest absolute Gasteiger partial charge is 0.243 e. The van der Waals surface area contributed by atoms with Gasteiger partial charge in [0, 0.05) is 35.0 Å². The van der Waals surface area contributed by atoms with Crippen LogP contribution in [0.25, 0.3) is 11.4 Å². The summed E-state index contributed by atoms with van der Waals surface area (Å²) in [7, 11) is 0. The van der Waals surface area contributed by atoms with Crippen LogP contribution < -0.4 is 14.8 Å². The summed E-state index contributed by atoms with van der Waals surface area (Å²) < 4.78 is 11.6. The molecule has 0 unspecified atom stereocenters. The predicted octanol–water partition coefficient (Wildman–Crippen LogP) is 2.44. The Morgan fingerprint density at radius 1 is 1.46 bits per heavy atom. The number of aromatic nitrogens is 4. The number of nitrogens with zero attached hydrogens (tertiary/aromatic N) is 4. The maximum absolute atomic E-state index is 12.3. The van der Waals surface area contributed by atoms with Crippen molar-refractivity contribution in [2.45, 2.75) is 39.5 Å². The fourth-order valence-electron chi connectivity index (χ4n) is 3.11. The maximum atomic E-state index is 12.3. The molecule has 0 spiro atoms. The van der Waals surface area contributed by atoms with Gasteiger partial charge in [-0.2, -0.15) is 16.1 Å². The van der Waals surface area contributed by atoms with Crippen molar-refractivity contribution in [3.63, 3.8) is 0 Å². The second-order valence-electron chi connectivity index (χ2n) is 6.57. The number of hydrogen-bond acceptors (Lipinski definition) is 7. The Morgan fingerprint density at radius 2 is 2.36 bits per heavy atom. The molecule has 3 aromatic rings. The van der Waals surface area contributed by atoms with E-state index < -0.39 is 0 Å². The van der Waals surface area contributed by atoms with Crippen molar-refractivity contribution in [2.24, 2.45) is 0 Å². The van der Waals surface area contributed by atoms with E-state index in [2.05, 4.69) is 20.7 Å². The van der Waals surface area contributed by atoms with Crippen LogP contribution in [0.4, 0.5) is 0 Å². The summed E-state index contributed by atoms with van der Waals surface area (Å²) >= 11 is 1.56. The van der Waals surface area contributed by atoms with E-state index in [4.69, 9.17) is 9.47 Å². The van der Waals surface area contributed by atoms with Gasteiger partial charge in [-0.25, -0.2) is 0 Å². The molecule has 1 aromatic carbocycles. The molecule has 146 valence electrons. The first kappa shape index (κ1) is 18.4. The van der Waals surface area contributed by atoms with Gasteiger partial charge in [0.1, 0.15) is 24.1 Å². The largest absolute Gasteiger partial charge is 0.494 e. The Morgan fingerprint density at radius 3 is 3.14 bits per heavy atom. The molecule has 1 atom stereocenters. The minimum atomic E-state index is -0.202. The molecule has 0 bridgehead atoms. The fourth-order valence-corrected chi connectivity index (χ4v) is 3.74. The zero-order valence-corrected chi connectivity index (χ0v) is 16.5. The number of carbonyl (C=O) groups excluding carboxylic acids is 1. The van der Waals surface area contributed by atoms with Crippen molar-refractivity contribution in [1.29, 1.82) is 0 Å². The van der Waals surface area contributed by atoms with Crippen LogP contribution in [-0.4, -0.2) is 38.8 Å². The number of amides is 1. The van der Waals surface area contributed by atoms with E-state index in [0.717, 1.165) is 34.6 Å². The summed E-state index contributed by atoms with van der Waals surface area (Å²) in [6.07, 6.45) is 1.03. The van der Waals surface area contributed by atoms with E-state index in [9.17, 15) is 4.79 Å². The zero-order chi connectivity index (χ0) is 19.5. The average molecular weight is 399 g/mol. The highest BCUT2D eigenvalue weighted by Crippen LogP contribution is 2.35. The molecule has 0 radical (unpaired) electrons. The van der Waals surface area contributed by atoms with Gasteiger partial charge >= 0.3 is 0 Å². The van der Waals surface area contributed by atoms with Gasteiger partial charge in [0.2, 0.25) is 11.7 Å². The van der Waals surface area contributed by atoms with Gasteiger partial charge in [-0.05, 0) is 42.6 Å². The number of ether oxygens (including phenoxy) is 2. The van der Waals surface area contributed by atoms with Gasteiger partial charge in [0.25, 0.3) is 0 Å². The second-order valence-corrected chi connectivity index (χ2v) is 7.35. The minimum absolute atomic E-state index is 0.000416. The molecule has 2 aromatic heterocycles. The van der Waals surface area contributed by atoms with E-state index in [1.165, 1.54) is 4.80 Å². The molecule has 0 aliphatic carbocycles. The minimum Gasteiger partial charge on any atom is -0.494 e. The van der Waals surface area contributed by atoms with Crippen molar-refractivity contribution in [3.8, 4) is 22.9 Å². The van der Waals surface area contributed by atoms with Crippen LogP contribution in [-0.2, 0) is 24.3 Å². The first-order valence-electron chi connectivity index (χ1n) is 9.14. The second kappa shape index (κ2) is 7.97. The van der Waals surface area contributed by atoms with E-state index >= 15 is 0 Å². The normalized spacial score (nSPS) is 15.1. The highest BCUT2D eigenvalue weighted by atomic mass is 32.1. The summed E-state index contributed by atoms with van der Waals surface area (Å²) in [4.78, 5) is 13.6. The lowest BCUT2D eigenvalue weighted by Gasteiger charge is -2.13. The van der Waals surface area contributed by atoms with Crippen LogP contribution >= 0.6 is 11.3 Å². The number of nitrogens with one attached hydrogen (secondary N) is 1. The topological polar surface area (TPSA) is 91.2 Å². The van der Waals surface area contributed by atoms with E-state index in [0.29, 0.717) is 19.0 Å². The van der Waals surface area contributed by atoms with Gasteiger partial charge in [0.15, 0.2) is 0 Å². The van der Waals surface area contributed by atoms with Gasteiger partial charge in [0.05, 0.1) is 6.61 Å². The third kappa shape index (κ3) is 3.99. The predicted molar refractivity (Wildman–Crippen MR) is 104 cm³/mol. The van der Waals surface area contributed by atoms with Crippen LogP contribution in [0.2, 0.25) is 0 Å². The van der Waals surface area contributed by atoms with E-state index in [1.807, 2.05) is 42.8 Å². The number of thiophene rings is 1. The molecule has 1 N–H and O–H groups in total. The lowest BCUT2D eigenvalue weighted by atomic mass is 10.1. The van der Waals surface area contributed by atoms with Gasteiger partial charge < -0.3 is 14.8 Å². The number of carbonyl (C=O) groups is 1. The van der Waals surface area contributed by atoms with Crippen LogP contribution in [0, 0.1) is 0 Å². The standard InChI is InChI=1S/C19H21N5O3S/c1-3-26-16-7-14-6-12(2)27-17(14)8-15(16)9-20-18(25)10-24-22-19(21-23-24)13-4-5-28-11-13/h4-5,7-8,11-12H,3,6,9-10H2,1-2H3,(H,20,25)/t12-/m1/s1. The highest BCUT2D eigenvalue weighted by Gasteiger charge is 2.22. The molecule has 9 heteroatoms. The Bertz CT molecular complexity index is 970. The first-order valence-corrected chi connectivity index (χ1v) is 10.1. The molecule has 0 saturated heterocycles. The van der Waals surface area contributed by atoms with Crippen molar-refractivity contribution in [1.82, 2.24) is 25.5 Å². The molecular weight excluding hydrogens is 378 g/mol. The monoisotopic (exact) mass is 399 g/mol. The van der Waals surface area contributed by atoms with Crippen molar-refractivity contribution in [3.05, 3.63) is 40.1 Å². The number of hydrogen-bond donors (Lipinski definition) is 1. The molecule has 4 rings (SSSR count). The lowest BCUT2D eigenvalue weighted by Crippen LogP contribution is -2.28. The number of tetrazole rings is 1. The van der Waals surface area contributed by atoms with Crippen molar-refractivity contribution >= 4 is 17.2 Å². The SMILES string of the molecule is CCOc1cc2c(cc1CNC(=O)Cn1nnc(-c3ccsc3)n1)O[C@H](C)C2. The quantitative estimate of drug-likeness (QED) is 0.656. The summed E-state index contributed by atoms with van der Waals surface area (Å²) in [6, 6.07) is 5.88. The highest BCUT2D eigenvalue weighted by molar-refractivity contribution is 7.08. The molecule has 28 heavy (non-hydrogen) atoms. The van der Waals surface area contributed by atoms with Gasteiger partial charge in [-0.1, -0.05) is 0 Å². The van der Waals surface area contributed by atoms with Gasteiger partial charge in [-0.3, -0.25) is 4.79 Å². The molecule has 0 saturated carbocycles. The van der Waals surface area contributed by atoms with Crippen LogP contribution in [0.5, 0.6) is 11.5 Å². The Balaban J connectivity index is 1.40. The number of rotatable bonds is 7. The third-order valence-corrected chi connectivity index (χ3v) is 5.06. The average Bonchev–Trinajstić information content (AvgIpc) is 3.39. The lowest BCUT2D eigenvalue weighted by molar-refractivity contribution is -0.122. The van der Waals surface area contributed by atoms with E-state index in [-0.39, 0.29) is 18.6 Å². The maximum Gasteiger partial charge on any atom is 0.243 e. The molecule has 0 fully saturated rings. The molecular formula is C19H21N5O3S. The Hall–Kier alpha value is -2.94. The summed E-state index contributed by atoms with van der Waals surface area (Å²) in [5, 5.41) is 19.0. The first-order chi connectivity index (χ1) is 13.6. The fraction of sp³-hybridized carbons (Fsp3) is 0.368.